The number of piperidine rings is 1. The lowest BCUT2D eigenvalue weighted by Crippen LogP contribution is -2.47. The summed E-state index contributed by atoms with van der Waals surface area (Å²) >= 11 is 0. The van der Waals surface area contributed by atoms with Gasteiger partial charge in [-0.1, -0.05) is 30.3 Å². The number of nitrogens with one attached hydrogen (secondary N) is 1. The van der Waals surface area contributed by atoms with E-state index in [1.54, 1.807) is 12.0 Å². The van der Waals surface area contributed by atoms with Gasteiger partial charge in [0.15, 0.2) is 0 Å². The zero-order chi connectivity index (χ0) is 19.1. The van der Waals surface area contributed by atoms with Crippen molar-refractivity contribution in [1.82, 2.24) is 15.1 Å². The van der Waals surface area contributed by atoms with Crippen LogP contribution < -0.4 is 5.32 Å². The van der Waals surface area contributed by atoms with E-state index in [9.17, 15) is 9.59 Å². The van der Waals surface area contributed by atoms with Crippen LogP contribution in [0.2, 0.25) is 0 Å². The number of ether oxygens (including phenoxy) is 1. The van der Waals surface area contributed by atoms with Crippen molar-refractivity contribution in [1.29, 1.82) is 0 Å². The number of rotatable bonds is 8. The smallest absolute Gasteiger partial charge is 0.225 e. The highest BCUT2D eigenvalue weighted by molar-refractivity contribution is 5.89. The first-order valence-corrected chi connectivity index (χ1v) is 9.99. The van der Waals surface area contributed by atoms with Crippen molar-refractivity contribution in [2.45, 2.75) is 31.7 Å². The van der Waals surface area contributed by atoms with Crippen molar-refractivity contribution < 1.29 is 14.3 Å². The van der Waals surface area contributed by atoms with E-state index in [1.165, 1.54) is 5.56 Å². The van der Waals surface area contributed by atoms with Gasteiger partial charge < -0.3 is 19.9 Å². The molecule has 0 spiro atoms. The number of methoxy groups -OCH3 is 1. The minimum atomic E-state index is -0.217. The average Bonchev–Trinajstić information content (AvgIpc) is 3.07. The van der Waals surface area contributed by atoms with Crippen LogP contribution >= 0.6 is 0 Å². The number of likely N-dealkylation sites (tertiary alicyclic amines) is 2. The van der Waals surface area contributed by atoms with Crippen molar-refractivity contribution in [2.75, 3.05) is 46.4 Å². The molecule has 0 aromatic heterocycles. The van der Waals surface area contributed by atoms with Gasteiger partial charge in [0.25, 0.3) is 0 Å². The highest BCUT2D eigenvalue weighted by Gasteiger charge is 2.35. The summed E-state index contributed by atoms with van der Waals surface area (Å²) in [5.74, 6) is -0.126. The molecule has 0 saturated carbocycles. The molecule has 0 aliphatic carbocycles. The fraction of sp³-hybridized carbons (Fsp3) is 0.619. The van der Waals surface area contributed by atoms with Crippen molar-refractivity contribution >= 4 is 11.8 Å². The standard InChI is InChI=1S/C21H31N3O3/c1-27-14-13-24-16-18(15-20(24)25)21(26)22-19-8-11-23(12-9-19)10-7-17-5-3-2-4-6-17/h2-6,18-19H,7-16H2,1H3,(H,22,26). The quantitative estimate of drug-likeness (QED) is 0.746. The third-order valence-electron chi connectivity index (χ3n) is 5.64. The van der Waals surface area contributed by atoms with Crippen LogP contribution in [0.1, 0.15) is 24.8 Å². The molecule has 0 bridgehead atoms. The van der Waals surface area contributed by atoms with Gasteiger partial charge in [0.05, 0.1) is 12.5 Å². The molecule has 2 heterocycles. The summed E-state index contributed by atoms with van der Waals surface area (Å²) in [7, 11) is 1.62. The van der Waals surface area contributed by atoms with Crippen LogP contribution in [-0.2, 0) is 20.7 Å². The Kier molecular flexibility index (Phi) is 7.24. The first-order valence-electron chi connectivity index (χ1n) is 9.99. The number of carbonyl (C=O) groups excluding carboxylic acids is 2. The first kappa shape index (κ1) is 19.8. The zero-order valence-corrected chi connectivity index (χ0v) is 16.2. The summed E-state index contributed by atoms with van der Waals surface area (Å²) in [5, 5.41) is 3.18. The Bertz CT molecular complexity index is 614. The zero-order valence-electron chi connectivity index (χ0n) is 16.2. The van der Waals surface area contributed by atoms with Crippen LogP contribution in [0.4, 0.5) is 0 Å². The molecule has 3 rings (SSSR count). The molecule has 2 fully saturated rings. The van der Waals surface area contributed by atoms with Gasteiger partial charge in [0.2, 0.25) is 11.8 Å². The second kappa shape index (κ2) is 9.85. The lowest BCUT2D eigenvalue weighted by atomic mass is 10.0. The predicted molar refractivity (Wildman–Crippen MR) is 104 cm³/mol. The maximum atomic E-state index is 12.5. The van der Waals surface area contributed by atoms with E-state index in [0.717, 1.165) is 38.9 Å². The fourth-order valence-electron chi connectivity index (χ4n) is 3.92. The van der Waals surface area contributed by atoms with Gasteiger partial charge in [-0.2, -0.15) is 0 Å². The van der Waals surface area contributed by atoms with Gasteiger partial charge in [0.1, 0.15) is 0 Å². The number of nitrogens with zero attached hydrogens (tertiary/aromatic N) is 2. The summed E-state index contributed by atoms with van der Waals surface area (Å²) < 4.78 is 5.03. The lowest BCUT2D eigenvalue weighted by molar-refractivity contribution is -0.129. The van der Waals surface area contributed by atoms with Crippen LogP contribution in [0.15, 0.2) is 30.3 Å². The van der Waals surface area contributed by atoms with Crippen molar-refractivity contribution in [3.63, 3.8) is 0 Å². The normalized spacial score (nSPS) is 21.6. The number of hydrogen-bond donors (Lipinski definition) is 1. The molecule has 1 unspecified atom stereocenters. The Morgan fingerprint density at radius 3 is 2.63 bits per heavy atom. The number of amides is 2. The summed E-state index contributed by atoms with van der Waals surface area (Å²) in [6, 6.07) is 10.8. The molecule has 6 heteroatoms. The molecule has 2 aliphatic rings. The second-order valence-electron chi connectivity index (χ2n) is 7.59. The molecule has 2 aliphatic heterocycles. The Balaban J connectivity index is 1.36. The third-order valence-corrected chi connectivity index (χ3v) is 5.64. The van der Waals surface area contributed by atoms with E-state index >= 15 is 0 Å². The molecule has 148 valence electrons. The van der Waals surface area contributed by atoms with Gasteiger partial charge in [-0.15, -0.1) is 0 Å². The Labute approximate surface area is 161 Å². The van der Waals surface area contributed by atoms with Gasteiger partial charge in [0, 0.05) is 52.3 Å². The predicted octanol–water partition coefficient (Wildman–Crippen LogP) is 1.30. The molecular formula is C21H31N3O3. The second-order valence-corrected chi connectivity index (χ2v) is 7.59. The Hall–Kier alpha value is -1.92. The van der Waals surface area contributed by atoms with E-state index in [-0.39, 0.29) is 23.8 Å². The van der Waals surface area contributed by atoms with Gasteiger partial charge in [-0.3, -0.25) is 9.59 Å². The number of benzene rings is 1. The lowest BCUT2D eigenvalue weighted by Gasteiger charge is -2.32. The van der Waals surface area contributed by atoms with Crippen molar-refractivity contribution in [2.24, 2.45) is 5.92 Å². The molecule has 1 atom stereocenters. The Morgan fingerprint density at radius 1 is 1.19 bits per heavy atom. The monoisotopic (exact) mass is 373 g/mol. The molecule has 6 nitrogen and oxygen atoms in total. The maximum Gasteiger partial charge on any atom is 0.225 e. The molecule has 1 aromatic rings. The molecule has 2 amide bonds. The van der Waals surface area contributed by atoms with Crippen LogP contribution in [0.3, 0.4) is 0 Å². The van der Waals surface area contributed by atoms with Gasteiger partial charge >= 0.3 is 0 Å². The Morgan fingerprint density at radius 2 is 1.93 bits per heavy atom. The van der Waals surface area contributed by atoms with Crippen LogP contribution in [0.25, 0.3) is 0 Å². The molecular weight excluding hydrogens is 342 g/mol. The third kappa shape index (κ3) is 5.78. The fourth-order valence-corrected chi connectivity index (χ4v) is 3.92. The van der Waals surface area contributed by atoms with E-state index in [2.05, 4.69) is 34.5 Å². The van der Waals surface area contributed by atoms with E-state index in [4.69, 9.17) is 4.74 Å². The minimum Gasteiger partial charge on any atom is -0.383 e. The SMILES string of the molecule is COCCN1CC(C(=O)NC2CCN(CCc3ccccc3)CC2)CC1=O. The topological polar surface area (TPSA) is 61.9 Å². The molecule has 1 aromatic carbocycles. The van der Waals surface area contributed by atoms with E-state index in [0.29, 0.717) is 26.1 Å². The van der Waals surface area contributed by atoms with Crippen molar-refractivity contribution in [3.05, 3.63) is 35.9 Å². The van der Waals surface area contributed by atoms with Crippen molar-refractivity contribution in [3.8, 4) is 0 Å². The van der Waals surface area contributed by atoms with E-state index < -0.39 is 0 Å². The highest BCUT2D eigenvalue weighted by Crippen LogP contribution is 2.19. The molecule has 2 saturated heterocycles. The van der Waals surface area contributed by atoms with Crippen LogP contribution in [-0.4, -0.2) is 74.1 Å². The summed E-state index contributed by atoms with van der Waals surface area (Å²) in [6.07, 6.45) is 3.36. The van der Waals surface area contributed by atoms with Crippen LogP contribution in [0.5, 0.6) is 0 Å². The highest BCUT2D eigenvalue weighted by atomic mass is 16.5. The molecule has 1 N–H and O–H groups in total. The summed E-state index contributed by atoms with van der Waals surface area (Å²) in [4.78, 5) is 28.7. The summed E-state index contributed by atoms with van der Waals surface area (Å²) in [5.41, 5.74) is 1.37. The van der Waals surface area contributed by atoms with Gasteiger partial charge in [-0.05, 0) is 24.8 Å². The largest absolute Gasteiger partial charge is 0.383 e. The average molecular weight is 373 g/mol. The molecule has 0 radical (unpaired) electrons. The summed E-state index contributed by atoms with van der Waals surface area (Å²) in [6.45, 7) is 4.70. The number of carbonyl (C=O) groups is 2. The number of hydrogen-bond acceptors (Lipinski definition) is 4. The van der Waals surface area contributed by atoms with Crippen LogP contribution in [0, 0.1) is 5.92 Å². The minimum absolute atomic E-state index is 0.0333. The van der Waals surface area contributed by atoms with E-state index in [1.807, 2.05) is 6.07 Å². The maximum absolute atomic E-state index is 12.5. The first-order chi connectivity index (χ1) is 13.2. The molecule has 27 heavy (non-hydrogen) atoms. The van der Waals surface area contributed by atoms with Gasteiger partial charge in [-0.25, -0.2) is 0 Å².